The molecule has 0 amide bonds. The third-order valence-electron chi connectivity index (χ3n) is 6.40. The van der Waals surface area contributed by atoms with E-state index in [-0.39, 0.29) is 22.5 Å². The van der Waals surface area contributed by atoms with Crippen molar-refractivity contribution in [2.45, 2.75) is 50.4 Å². The highest BCUT2D eigenvalue weighted by atomic mass is 35.5. The van der Waals surface area contributed by atoms with Crippen LogP contribution in [-0.4, -0.2) is 15.2 Å². The monoisotopic (exact) mass is 396 g/mol. The Morgan fingerprint density at radius 1 is 1.07 bits per heavy atom. The van der Waals surface area contributed by atoms with Gasteiger partial charge in [0.15, 0.2) is 5.78 Å². The normalized spacial score (nSPS) is 22.5. The first-order valence-electron chi connectivity index (χ1n) is 10.1. The van der Waals surface area contributed by atoms with Crippen LogP contribution in [0.1, 0.15) is 71.8 Å². The van der Waals surface area contributed by atoms with Gasteiger partial charge in [0.2, 0.25) is 0 Å². The van der Waals surface area contributed by atoms with E-state index in [1.807, 2.05) is 22.9 Å². The highest BCUT2D eigenvalue weighted by Gasteiger charge is 2.34. The lowest BCUT2D eigenvalue weighted by Gasteiger charge is -2.28. The standard InChI is InChI=1S/C23H22ClFN2O/c24-19-11-17(7-8-20(19)25)14-1-5-16(6-2-14)23(28)22-18(15-3-4-15)9-10-27-13-26-12-21(22)27/h7-16H,1-6H2. The van der Waals surface area contributed by atoms with Crippen LogP contribution in [0.5, 0.6) is 0 Å². The van der Waals surface area contributed by atoms with Crippen molar-refractivity contribution in [3.8, 4) is 0 Å². The second-order valence-electron chi connectivity index (χ2n) is 8.19. The number of pyridine rings is 1. The van der Waals surface area contributed by atoms with Crippen LogP contribution in [0.15, 0.2) is 43.0 Å². The van der Waals surface area contributed by atoms with Gasteiger partial charge in [0.05, 0.1) is 23.1 Å². The quantitative estimate of drug-likeness (QED) is 0.495. The van der Waals surface area contributed by atoms with Crippen LogP contribution in [0.3, 0.4) is 0 Å². The summed E-state index contributed by atoms with van der Waals surface area (Å²) in [5.41, 5.74) is 4.09. The Kier molecular flexibility index (Phi) is 4.47. The lowest BCUT2D eigenvalue weighted by atomic mass is 9.75. The van der Waals surface area contributed by atoms with E-state index in [9.17, 15) is 9.18 Å². The molecular weight excluding hydrogens is 375 g/mol. The van der Waals surface area contributed by atoms with Crippen LogP contribution in [0, 0.1) is 11.7 Å². The summed E-state index contributed by atoms with van der Waals surface area (Å²) in [7, 11) is 0. The van der Waals surface area contributed by atoms with Gasteiger partial charge in [0, 0.05) is 17.7 Å². The lowest BCUT2D eigenvalue weighted by molar-refractivity contribution is 0.0884. The number of carbonyl (C=O) groups excluding carboxylic acids is 1. The van der Waals surface area contributed by atoms with Crippen LogP contribution >= 0.6 is 11.6 Å². The Labute approximate surface area is 168 Å². The summed E-state index contributed by atoms with van der Waals surface area (Å²) >= 11 is 5.95. The number of carbonyl (C=O) groups is 1. The van der Waals surface area contributed by atoms with E-state index < -0.39 is 0 Å². The van der Waals surface area contributed by atoms with Gasteiger partial charge in [-0.15, -0.1) is 0 Å². The minimum Gasteiger partial charge on any atom is -0.306 e. The number of nitrogens with zero attached hydrogens (tertiary/aromatic N) is 2. The van der Waals surface area contributed by atoms with Crippen molar-refractivity contribution < 1.29 is 9.18 Å². The zero-order valence-corrected chi connectivity index (χ0v) is 16.3. The molecule has 0 unspecified atom stereocenters. The number of halogens is 2. The molecular formula is C23H22ClFN2O. The summed E-state index contributed by atoms with van der Waals surface area (Å²) in [6, 6.07) is 7.11. The first-order chi connectivity index (χ1) is 13.6. The molecule has 2 saturated carbocycles. The minimum atomic E-state index is -0.379. The molecule has 0 saturated heterocycles. The van der Waals surface area contributed by atoms with E-state index in [4.69, 9.17) is 11.6 Å². The van der Waals surface area contributed by atoms with Crippen molar-refractivity contribution in [3.05, 3.63) is 70.5 Å². The Balaban J connectivity index is 1.38. The Morgan fingerprint density at radius 3 is 2.54 bits per heavy atom. The SMILES string of the molecule is O=C(c1c(C2CC2)ccn2cncc12)C1CCC(c2ccc(F)c(Cl)c2)CC1. The highest BCUT2D eigenvalue weighted by Crippen LogP contribution is 2.44. The van der Waals surface area contributed by atoms with Crippen LogP contribution in [-0.2, 0) is 0 Å². The fourth-order valence-electron chi connectivity index (χ4n) is 4.67. The Hall–Kier alpha value is -2.20. The second kappa shape index (κ2) is 7.00. The third-order valence-corrected chi connectivity index (χ3v) is 6.69. The summed E-state index contributed by atoms with van der Waals surface area (Å²) in [6.07, 6.45) is 11.5. The molecule has 1 aromatic carbocycles. The molecule has 0 radical (unpaired) electrons. The Morgan fingerprint density at radius 2 is 1.82 bits per heavy atom. The molecule has 2 aliphatic carbocycles. The van der Waals surface area contributed by atoms with Crippen molar-refractivity contribution in [2.75, 3.05) is 0 Å². The van der Waals surface area contributed by atoms with Crippen molar-refractivity contribution in [1.29, 1.82) is 0 Å². The molecule has 2 aromatic heterocycles. The van der Waals surface area contributed by atoms with Crippen molar-refractivity contribution in [1.82, 2.24) is 9.38 Å². The lowest BCUT2D eigenvalue weighted by Crippen LogP contribution is -2.23. The number of hydrogen-bond donors (Lipinski definition) is 0. The molecule has 2 heterocycles. The summed E-state index contributed by atoms with van der Waals surface area (Å²) in [4.78, 5) is 17.7. The van der Waals surface area contributed by atoms with Gasteiger partial charge in [-0.25, -0.2) is 9.37 Å². The first kappa shape index (κ1) is 17.9. The fraction of sp³-hybridized carbons (Fsp3) is 0.391. The number of rotatable bonds is 4. The number of aromatic nitrogens is 2. The predicted molar refractivity (Wildman–Crippen MR) is 108 cm³/mol. The number of ketones is 1. The number of imidazole rings is 1. The van der Waals surface area contributed by atoms with E-state index in [0.29, 0.717) is 11.8 Å². The molecule has 0 atom stereocenters. The van der Waals surface area contributed by atoms with Crippen LogP contribution in [0.25, 0.3) is 5.52 Å². The van der Waals surface area contributed by atoms with E-state index in [0.717, 1.165) is 42.3 Å². The van der Waals surface area contributed by atoms with Crippen LogP contribution in [0.4, 0.5) is 4.39 Å². The van der Waals surface area contributed by atoms with E-state index in [1.54, 1.807) is 12.4 Å². The van der Waals surface area contributed by atoms with Gasteiger partial charge in [-0.2, -0.15) is 0 Å². The van der Waals surface area contributed by atoms with E-state index in [1.165, 1.54) is 24.5 Å². The van der Waals surface area contributed by atoms with Gasteiger partial charge in [-0.3, -0.25) is 4.79 Å². The molecule has 5 rings (SSSR count). The summed E-state index contributed by atoms with van der Waals surface area (Å²) < 4.78 is 15.4. The van der Waals surface area contributed by atoms with Crippen molar-refractivity contribution >= 4 is 22.9 Å². The Bertz CT molecular complexity index is 1050. The number of fused-ring (bicyclic) bond motifs is 1. The fourth-order valence-corrected chi connectivity index (χ4v) is 4.86. The molecule has 0 aliphatic heterocycles. The number of Topliss-reactive ketones (excluding diaryl/α,β-unsaturated/α-hetero) is 1. The smallest absolute Gasteiger partial charge is 0.168 e. The molecule has 3 nitrogen and oxygen atoms in total. The van der Waals surface area contributed by atoms with Gasteiger partial charge in [-0.1, -0.05) is 17.7 Å². The molecule has 2 aliphatic rings. The van der Waals surface area contributed by atoms with Gasteiger partial charge in [-0.05, 0) is 79.7 Å². The maximum atomic E-state index is 13.5. The highest BCUT2D eigenvalue weighted by molar-refractivity contribution is 6.30. The maximum Gasteiger partial charge on any atom is 0.168 e. The van der Waals surface area contributed by atoms with Crippen LogP contribution < -0.4 is 0 Å². The third kappa shape index (κ3) is 3.14. The van der Waals surface area contributed by atoms with E-state index >= 15 is 0 Å². The van der Waals surface area contributed by atoms with Crippen molar-refractivity contribution in [2.24, 2.45) is 5.92 Å². The summed E-state index contributed by atoms with van der Waals surface area (Å²) in [6.45, 7) is 0. The largest absolute Gasteiger partial charge is 0.306 e. The summed E-state index contributed by atoms with van der Waals surface area (Å²) in [5, 5.41) is 0.178. The van der Waals surface area contributed by atoms with Gasteiger partial charge >= 0.3 is 0 Å². The van der Waals surface area contributed by atoms with Gasteiger partial charge < -0.3 is 4.40 Å². The molecule has 0 spiro atoms. The van der Waals surface area contributed by atoms with Gasteiger partial charge in [0.1, 0.15) is 5.82 Å². The molecule has 0 bridgehead atoms. The average Bonchev–Trinajstić information content (AvgIpc) is 3.45. The van der Waals surface area contributed by atoms with Crippen LogP contribution in [0.2, 0.25) is 5.02 Å². The van der Waals surface area contributed by atoms with Gasteiger partial charge in [0.25, 0.3) is 0 Å². The molecule has 144 valence electrons. The second-order valence-corrected chi connectivity index (χ2v) is 8.60. The number of hydrogen-bond acceptors (Lipinski definition) is 2. The molecule has 2 fully saturated rings. The molecule has 3 aromatic rings. The zero-order valence-electron chi connectivity index (χ0n) is 15.6. The molecule has 5 heteroatoms. The summed E-state index contributed by atoms with van der Waals surface area (Å²) in [5.74, 6) is 0.803. The first-order valence-corrected chi connectivity index (χ1v) is 10.4. The minimum absolute atomic E-state index is 0.0470. The zero-order chi connectivity index (χ0) is 19.3. The average molecular weight is 397 g/mol. The van der Waals surface area contributed by atoms with Crippen molar-refractivity contribution in [3.63, 3.8) is 0 Å². The predicted octanol–water partition coefficient (Wildman–Crippen LogP) is 6.16. The maximum absolute atomic E-state index is 13.5. The number of benzene rings is 1. The van der Waals surface area contributed by atoms with E-state index in [2.05, 4.69) is 11.1 Å². The topological polar surface area (TPSA) is 34.4 Å². The molecule has 0 N–H and O–H groups in total. The molecule has 28 heavy (non-hydrogen) atoms.